The first-order chi connectivity index (χ1) is 27.3. The monoisotopic (exact) mass is 767 g/mol. The van der Waals surface area contributed by atoms with E-state index in [0.717, 1.165) is 24.0 Å². The zero-order valence-corrected chi connectivity index (χ0v) is 34.2. The number of carbonyl (C=O) groups is 3. The minimum atomic E-state index is -0.500. The zero-order valence-electron chi connectivity index (χ0n) is 34.2. The van der Waals surface area contributed by atoms with Crippen LogP contribution < -0.4 is 9.47 Å². The molecule has 0 amide bonds. The molecular formula is C48H65NO7. The number of hydrogen-bond acceptors (Lipinski definition) is 8. The Morgan fingerprint density at radius 1 is 0.571 bits per heavy atom. The summed E-state index contributed by atoms with van der Waals surface area (Å²) in [5.41, 5.74) is 2.86. The van der Waals surface area contributed by atoms with Gasteiger partial charge in [-0.1, -0.05) is 141 Å². The van der Waals surface area contributed by atoms with Gasteiger partial charge in [0.25, 0.3) is 0 Å². The van der Waals surface area contributed by atoms with Gasteiger partial charge in [-0.15, -0.1) is 0 Å². The number of benzene rings is 3. The van der Waals surface area contributed by atoms with E-state index in [4.69, 9.17) is 24.2 Å². The predicted octanol–water partition coefficient (Wildman–Crippen LogP) is 12.2. The maximum Gasteiger partial charge on any atom is 0.343 e. The number of hydrogen-bond donors (Lipinski definition) is 0. The molecule has 0 N–H and O–H groups in total. The molecule has 0 aliphatic heterocycles. The van der Waals surface area contributed by atoms with Crippen molar-refractivity contribution >= 4 is 17.9 Å². The summed E-state index contributed by atoms with van der Waals surface area (Å²) in [4.78, 5) is 38.0. The maximum absolute atomic E-state index is 12.7. The Morgan fingerprint density at radius 3 is 1.57 bits per heavy atom. The molecule has 0 aromatic heterocycles. The van der Waals surface area contributed by atoms with Crippen molar-refractivity contribution in [1.29, 1.82) is 5.26 Å². The fraction of sp³-hybridized carbons (Fsp3) is 0.542. The van der Waals surface area contributed by atoms with Gasteiger partial charge in [0.05, 0.1) is 35.6 Å². The van der Waals surface area contributed by atoms with Crippen LogP contribution in [-0.2, 0) is 19.1 Å². The number of esters is 3. The summed E-state index contributed by atoms with van der Waals surface area (Å²) < 4.78 is 22.2. The van der Waals surface area contributed by atoms with Crippen LogP contribution in [0.1, 0.15) is 152 Å². The molecule has 56 heavy (non-hydrogen) atoms. The van der Waals surface area contributed by atoms with Gasteiger partial charge in [0, 0.05) is 0 Å². The van der Waals surface area contributed by atoms with Gasteiger partial charge in [-0.05, 0) is 78.9 Å². The summed E-state index contributed by atoms with van der Waals surface area (Å²) >= 11 is 0. The molecule has 0 aliphatic rings. The normalized spacial score (nSPS) is 12.0. The molecule has 3 rings (SSSR count). The molecule has 3 aromatic carbocycles. The average Bonchev–Trinajstić information content (AvgIpc) is 3.22. The summed E-state index contributed by atoms with van der Waals surface area (Å²) in [6.07, 6.45) is 21.8. The van der Waals surface area contributed by atoms with Crippen LogP contribution in [0.3, 0.4) is 0 Å². The lowest BCUT2D eigenvalue weighted by Gasteiger charge is -2.18. The quantitative estimate of drug-likeness (QED) is 0.0390. The van der Waals surface area contributed by atoms with E-state index in [1.54, 1.807) is 55.5 Å². The van der Waals surface area contributed by atoms with Gasteiger partial charge >= 0.3 is 17.9 Å². The molecule has 2 unspecified atom stereocenters. The second-order valence-electron chi connectivity index (χ2n) is 14.9. The van der Waals surface area contributed by atoms with Crippen LogP contribution in [0.25, 0.3) is 11.1 Å². The van der Waals surface area contributed by atoms with Crippen LogP contribution in [0.2, 0.25) is 0 Å². The lowest BCUT2D eigenvalue weighted by molar-refractivity contribution is -0.153. The van der Waals surface area contributed by atoms with E-state index in [-0.39, 0.29) is 31.1 Å². The first-order valence-corrected chi connectivity index (χ1v) is 21.2. The molecule has 8 nitrogen and oxygen atoms in total. The van der Waals surface area contributed by atoms with E-state index in [9.17, 15) is 14.4 Å². The Balaban J connectivity index is 1.21. The number of nitriles is 1. The number of ether oxygens (including phenoxy) is 4. The van der Waals surface area contributed by atoms with E-state index >= 15 is 0 Å². The molecule has 0 saturated carbocycles. The third-order valence-electron chi connectivity index (χ3n) is 10.2. The van der Waals surface area contributed by atoms with Crippen LogP contribution in [-0.4, -0.2) is 37.7 Å². The van der Waals surface area contributed by atoms with Crippen LogP contribution in [0, 0.1) is 23.2 Å². The third-order valence-corrected chi connectivity index (χ3v) is 10.2. The third kappa shape index (κ3) is 18.3. The van der Waals surface area contributed by atoms with Gasteiger partial charge in [-0.25, -0.2) is 4.79 Å². The topological polar surface area (TPSA) is 112 Å². The van der Waals surface area contributed by atoms with E-state index in [2.05, 4.69) is 13.0 Å². The van der Waals surface area contributed by atoms with E-state index in [1.807, 2.05) is 31.2 Å². The van der Waals surface area contributed by atoms with Crippen LogP contribution in [0.5, 0.6) is 11.5 Å². The van der Waals surface area contributed by atoms with E-state index < -0.39 is 11.9 Å². The highest BCUT2D eigenvalue weighted by Gasteiger charge is 2.25. The van der Waals surface area contributed by atoms with E-state index in [1.165, 1.54) is 89.9 Å². The van der Waals surface area contributed by atoms with Gasteiger partial charge in [-0.2, -0.15) is 5.26 Å². The van der Waals surface area contributed by atoms with Crippen molar-refractivity contribution in [2.24, 2.45) is 11.8 Å². The van der Waals surface area contributed by atoms with Crippen molar-refractivity contribution in [3.8, 4) is 28.7 Å². The molecule has 0 aliphatic carbocycles. The molecule has 8 heteroatoms. The summed E-state index contributed by atoms with van der Waals surface area (Å²) in [6, 6.07) is 23.1. The van der Waals surface area contributed by atoms with Crippen LogP contribution in [0.4, 0.5) is 0 Å². The van der Waals surface area contributed by atoms with Crippen molar-refractivity contribution in [3.05, 3.63) is 83.9 Å². The maximum atomic E-state index is 12.7. The SMILES string of the molecule is CCCCCCCCCCCCCCCCCCOC(=O)C(CC)CC(C)C(=O)OCCOc1ccc(C(=O)Oc2ccc(-c3ccc(C#N)cc3)cc2)cc1. The second kappa shape index (κ2) is 27.9. The standard InChI is InChI=1S/C48H65NO7/c1-4-6-7-8-9-10-11-12-13-14-15-16-17-18-19-20-33-54-47(51)40(5-2)36-38(3)46(50)55-35-34-53-44-29-27-43(28-30-44)48(52)56-45-31-25-42(26-32-45)41-23-21-39(37-49)22-24-41/h21-32,38,40H,4-20,33-36H2,1-3H3. The molecule has 0 heterocycles. The number of carbonyl (C=O) groups excluding carboxylic acids is 3. The summed E-state index contributed by atoms with van der Waals surface area (Å²) in [6.45, 7) is 6.62. The fourth-order valence-corrected chi connectivity index (χ4v) is 6.64. The highest BCUT2D eigenvalue weighted by Crippen LogP contribution is 2.24. The van der Waals surface area contributed by atoms with Crippen LogP contribution in [0.15, 0.2) is 72.8 Å². The molecular weight excluding hydrogens is 703 g/mol. The van der Waals surface area contributed by atoms with Gasteiger partial charge in [0.2, 0.25) is 0 Å². The lowest BCUT2D eigenvalue weighted by Crippen LogP contribution is -2.25. The summed E-state index contributed by atoms with van der Waals surface area (Å²) in [5, 5.41) is 8.99. The average molecular weight is 768 g/mol. The zero-order chi connectivity index (χ0) is 40.2. The van der Waals surface area contributed by atoms with Crippen molar-refractivity contribution in [2.75, 3.05) is 19.8 Å². The Hall–Kier alpha value is -4.64. The Morgan fingerprint density at radius 2 is 1.05 bits per heavy atom. The molecule has 0 spiro atoms. The smallest absolute Gasteiger partial charge is 0.343 e. The molecule has 0 fully saturated rings. The van der Waals surface area contributed by atoms with Gasteiger partial charge in [0.1, 0.15) is 24.7 Å². The van der Waals surface area contributed by atoms with Crippen molar-refractivity contribution in [1.82, 2.24) is 0 Å². The van der Waals surface area contributed by atoms with Crippen LogP contribution >= 0.6 is 0 Å². The molecule has 0 bridgehead atoms. The minimum Gasteiger partial charge on any atom is -0.490 e. The highest BCUT2D eigenvalue weighted by molar-refractivity contribution is 5.91. The highest BCUT2D eigenvalue weighted by atomic mass is 16.6. The fourth-order valence-electron chi connectivity index (χ4n) is 6.64. The molecule has 0 radical (unpaired) electrons. The Bertz CT molecular complexity index is 1580. The largest absolute Gasteiger partial charge is 0.490 e. The molecule has 3 aromatic rings. The second-order valence-corrected chi connectivity index (χ2v) is 14.9. The minimum absolute atomic E-state index is 0.0614. The summed E-state index contributed by atoms with van der Waals surface area (Å²) in [5.74, 6) is -0.956. The number of unbranched alkanes of at least 4 members (excludes halogenated alkanes) is 15. The molecule has 2 atom stereocenters. The van der Waals surface area contributed by atoms with Gasteiger partial charge < -0.3 is 18.9 Å². The van der Waals surface area contributed by atoms with Gasteiger partial charge in [0.15, 0.2) is 0 Å². The van der Waals surface area contributed by atoms with Crippen molar-refractivity contribution in [2.45, 2.75) is 136 Å². The van der Waals surface area contributed by atoms with E-state index in [0.29, 0.717) is 42.1 Å². The summed E-state index contributed by atoms with van der Waals surface area (Å²) in [7, 11) is 0. The predicted molar refractivity (Wildman–Crippen MR) is 223 cm³/mol. The first-order valence-electron chi connectivity index (χ1n) is 21.2. The van der Waals surface area contributed by atoms with Crippen molar-refractivity contribution in [3.63, 3.8) is 0 Å². The molecule has 304 valence electrons. The Labute approximate surface area is 336 Å². The molecule has 0 saturated heterocycles. The Kier molecular flexibility index (Phi) is 22.8. The number of rotatable bonds is 29. The first kappa shape index (κ1) is 45.7. The van der Waals surface area contributed by atoms with Crippen molar-refractivity contribution < 1.29 is 33.3 Å². The lowest BCUT2D eigenvalue weighted by atomic mass is 9.94. The number of nitrogens with zero attached hydrogens (tertiary/aromatic N) is 1. The van der Waals surface area contributed by atoms with Gasteiger partial charge in [-0.3, -0.25) is 9.59 Å².